The molecular weight excluding hydrogens is 354 g/mol. The number of ether oxygens (including phenoxy) is 1. The number of carbonyl (C=O) groups is 1. The van der Waals surface area contributed by atoms with Gasteiger partial charge in [0.25, 0.3) is 5.56 Å². The van der Waals surface area contributed by atoms with E-state index in [-0.39, 0.29) is 24.1 Å². The Hall–Kier alpha value is -3.15. The minimum atomic E-state index is -0.178. The van der Waals surface area contributed by atoms with Crippen molar-refractivity contribution < 1.29 is 9.53 Å². The molecule has 1 fully saturated rings. The van der Waals surface area contributed by atoms with Crippen LogP contribution in [0, 0.1) is 6.92 Å². The zero-order chi connectivity index (χ0) is 19.7. The first kappa shape index (κ1) is 18.2. The SMILES string of the molecule is COc1ccc([C@H]2CCCN2C(=O)Cn2cnc3c(C)cccc3c2=O)cc1. The molecule has 0 N–H and O–H groups in total. The predicted octanol–water partition coefficient (Wildman–Crippen LogP) is 3.08. The molecule has 2 aromatic carbocycles. The summed E-state index contributed by atoms with van der Waals surface area (Å²) in [5.74, 6) is 0.734. The molecule has 0 unspecified atom stereocenters. The second kappa shape index (κ2) is 7.46. The summed E-state index contributed by atoms with van der Waals surface area (Å²) in [4.78, 5) is 32.0. The number of fused-ring (bicyclic) bond motifs is 1. The van der Waals surface area contributed by atoms with Gasteiger partial charge in [0.1, 0.15) is 12.3 Å². The van der Waals surface area contributed by atoms with Crippen LogP contribution in [-0.2, 0) is 11.3 Å². The van der Waals surface area contributed by atoms with E-state index in [1.165, 1.54) is 10.9 Å². The van der Waals surface area contributed by atoms with E-state index in [2.05, 4.69) is 4.98 Å². The highest BCUT2D eigenvalue weighted by Gasteiger charge is 2.30. The molecule has 144 valence electrons. The van der Waals surface area contributed by atoms with Gasteiger partial charge in [-0.2, -0.15) is 0 Å². The molecule has 6 nitrogen and oxygen atoms in total. The van der Waals surface area contributed by atoms with Gasteiger partial charge in [-0.25, -0.2) is 4.98 Å². The number of likely N-dealkylation sites (tertiary alicyclic amines) is 1. The first-order chi connectivity index (χ1) is 13.6. The van der Waals surface area contributed by atoms with Crippen LogP contribution in [0.25, 0.3) is 10.9 Å². The third-order valence-electron chi connectivity index (χ3n) is 5.43. The number of nitrogens with zero attached hydrogens (tertiary/aromatic N) is 3. The monoisotopic (exact) mass is 377 g/mol. The maximum absolute atomic E-state index is 13.0. The van der Waals surface area contributed by atoms with Crippen LogP contribution < -0.4 is 10.3 Å². The second-order valence-corrected chi connectivity index (χ2v) is 7.17. The van der Waals surface area contributed by atoms with Gasteiger partial charge in [0.15, 0.2) is 0 Å². The molecule has 0 saturated carbocycles. The Balaban J connectivity index is 1.58. The van der Waals surface area contributed by atoms with Crippen molar-refractivity contribution in [3.8, 4) is 5.75 Å². The molecule has 3 aromatic rings. The average Bonchev–Trinajstić information content (AvgIpc) is 3.21. The highest BCUT2D eigenvalue weighted by Crippen LogP contribution is 2.32. The molecule has 0 spiro atoms. The van der Waals surface area contributed by atoms with Crippen LogP contribution in [-0.4, -0.2) is 34.0 Å². The summed E-state index contributed by atoms with van der Waals surface area (Å²) in [6, 6.07) is 13.4. The van der Waals surface area contributed by atoms with Crippen LogP contribution >= 0.6 is 0 Å². The Morgan fingerprint density at radius 2 is 2.00 bits per heavy atom. The van der Waals surface area contributed by atoms with Gasteiger partial charge in [-0.3, -0.25) is 14.2 Å². The number of aromatic nitrogens is 2. The molecule has 28 heavy (non-hydrogen) atoms. The molecule has 0 bridgehead atoms. The van der Waals surface area contributed by atoms with Crippen LogP contribution in [0.2, 0.25) is 0 Å². The number of rotatable bonds is 4. The number of para-hydroxylation sites is 1. The quantitative estimate of drug-likeness (QED) is 0.701. The molecule has 0 radical (unpaired) electrons. The van der Waals surface area contributed by atoms with E-state index in [1.54, 1.807) is 13.2 Å². The largest absolute Gasteiger partial charge is 0.497 e. The molecule has 1 saturated heterocycles. The summed E-state index contributed by atoms with van der Waals surface area (Å²) in [5.41, 5.74) is 2.55. The third kappa shape index (κ3) is 3.26. The van der Waals surface area contributed by atoms with Crippen LogP contribution in [0.3, 0.4) is 0 Å². The Morgan fingerprint density at radius 3 is 2.75 bits per heavy atom. The smallest absolute Gasteiger partial charge is 0.261 e. The summed E-state index contributed by atoms with van der Waals surface area (Å²) in [7, 11) is 1.64. The third-order valence-corrected chi connectivity index (χ3v) is 5.43. The van der Waals surface area contributed by atoms with E-state index >= 15 is 0 Å². The minimum Gasteiger partial charge on any atom is -0.497 e. The summed E-state index contributed by atoms with van der Waals surface area (Å²) >= 11 is 0. The zero-order valence-corrected chi connectivity index (χ0v) is 16.1. The van der Waals surface area contributed by atoms with Crippen molar-refractivity contribution in [3.63, 3.8) is 0 Å². The molecule has 1 amide bonds. The van der Waals surface area contributed by atoms with Gasteiger partial charge in [-0.1, -0.05) is 24.3 Å². The molecule has 2 heterocycles. The van der Waals surface area contributed by atoms with Crippen LogP contribution in [0.5, 0.6) is 5.75 Å². The normalized spacial score (nSPS) is 16.5. The fourth-order valence-electron chi connectivity index (χ4n) is 3.92. The summed E-state index contributed by atoms with van der Waals surface area (Å²) in [6.07, 6.45) is 3.35. The number of benzene rings is 2. The number of amides is 1. The summed E-state index contributed by atoms with van der Waals surface area (Å²) < 4.78 is 6.63. The highest BCUT2D eigenvalue weighted by atomic mass is 16.5. The van der Waals surface area contributed by atoms with E-state index in [0.29, 0.717) is 17.4 Å². The fourth-order valence-corrected chi connectivity index (χ4v) is 3.92. The zero-order valence-electron chi connectivity index (χ0n) is 16.1. The van der Waals surface area contributed by atoms with Crippen molar-refractivity contribution in [1.82, 2.24) is 14.5 Å². The first-order valence-electron chi connectivity index (χ1n) is 9.46. The Labute approximate surface area is 163 Å². The van der Waals surface area contributed by atoms with Gasteiger partial charge in [0.05, 0.1) is 30.4 Å². The lowest BCUT2D eigenvalue weighted by molar-refractivity contribution is -0.132. The minimum absolute atomic E-state index is 0.00235. The maximum atomic E-state index is 13.0. The van der Waals surface area contributed by atoms with E-state index < -0.39 is 0 Å². The van der Waals surface area contributed by atoms with Crippen LogP contribution in [0.15, 0.2) is 53.6 Å². The second-order valence-electron chi connectivity index (χ2n) is 7.17. The molecule has 1 aliphatic rings. The highest BCUT2D eigenvalue weighted by molar-refractivity contribution is 5.81. The first-order valence-corrected chi connectivity index (χ1v) is 9.46. The summed E-state index contributed by atoms with van der Waals surface area (Å²) in [6.45, 7) is 2.63. The summed E-state index contributed by atoms with van der Waals surface area (Å²) in [5, 5.41) is 0.545. The van der Waals surface area contributed by atoms with Gasteiger partial charge < -0.3 is 9.64 Å². The lowest BCUT2D eigenvalue weighted by atomic mass is 10.0. The number of hydrogen-bond acceptors (Lipinski definition) is 4. The van der Waals surface area contributed by atoms with Gasteiger partial charge in [0.2, 0.25) is 5.91 Å². The fraction of sp³-hybridized carbons (Fsp3) is 0.318. The Morgan fingerprint density at radius 1 is 1.21 bits per heavy atom. The van der Waals surface area contributed by atoms with Crippen molar-refractivity contribution in [3.05, 3.63) is 70.3 Å². The molecule has 4 rings (SSSR count). The molecule has 1 atom stereocenters. The van der Waals surface area contributed by atoms with Crippen molar-refractivity contribution in [2.75, 3.05) is 13.7 Å². The lowest BCUT2D eigenvalue weighted by Crippen LogP contribution is -2.36. The predicted molar refractivity (Wildman–Crippen MR) is 107 cm³/mol. The van der Waals surface area contributed by atoms with Gasteiger partial charge in [-0.15, -0.1) is 0 Å². The molecular formula is C22H23N3O3. The van der Waals surface area contributed by atoms with Crippen LogP contribution in [0.1, 0.15) is 30.0 Å². The van der Waals surface area contributed by atoms with E-state index in [4.69, 9.17) is 4.74 Å². The van der Waals surface area contributed by atoms with Crippen LogP contribution in [0.4, 0.5) is 0 Å². The van der Waals surface area contributed by atoms with Crippen molar-refractivity contribution >= 4 is 16.8 Å². The molecule has 0 aliphatic carbocycles. The number of methoxy groups -OCH3 is 1. The van der Waals surface area contributed by atoms with Crippen molar-refractivity contribution in [2.45, 2.75) is 32.4 Å². The van der Waals surface area contributed by atoms with E-state index in [1.807, 2.05) is 48.2 Å². The number of aryl methyl sites for hydroxylation is 1. The average molecular weight is 377 g/mol. The molecule has 1 aromatic heterocycles. The van der Waals surface area contributed by atoms with E-state index in [0.717, 1.165) is 29.7 Å². The molecule has 6 heteroatoms. The Bertz CT molecular complexity index is 1070. The Kier molecular flexibility index (Phi) is 4.86. The van der Waals surface area contributed by atoms with Crippen molar-refractivity contribution in [1.29, 1.82) is 0 Å². The lowest BCUT2D eigenvalue weighted by Gasteiger charge is -2.25. The standard InChI is InChI=1S/C22H23N3O3/c1-15-5-3-6-18-21(15)23-14-24(22(18)27)13-20(26)25-12-4-7-19(25)16-8-10-17(28-2)11-9-16/h3,5-6,8-11,14,19H,4,7,12-13H2,1-2H3/t19-/m1/s1. The van der Waals surface area contributed by atoms with Gasteiger partial charge >= 0.3 is 0 Å². The maximum Gasteiger partial charge on any atom is 0.261 e. The number of hydrogen-bond donors (Lipinski definition) is 0. The number of carbonyl (C=O) groups excluding carboxylic acids is 1. The molecule has 1 aliphatic heterocycles. The topological polar surface area (TPSA) is 64.4 Å². The van der Waals surface area contributed by atoms with Gasteiger partial charge in [-0.05, 0) is 49.1 Å². The van der Waals surface area contributed by atoms with Gasteiger partial charge in [0, 0.05) is 6.54 Å². The van der Waals surface area contributed by atoms with Crippen molar-refractivity contribution in [2.24, 2.45) is 0 Å². The van der Waals surface area contributed by atoms with E-state index in [9.17, 15) is 9.59 Å².